The Hall–Kier alpha value is -3.04. The Morgan fingerprint density at radius 2 is 1.84 bits per heavy atom. The van der Waals surface area contributed by atoms with Crippen LogP contribution < -0.4 is 5.32 Å². The van der Waals surface area contributed by atoms with Crippen molar-refractivity contribution in [2.75, 3.05) is 26.2 Å². The lowest BCUT2D eigenvalue weighted by Crippen LogP contribution is -2.56. The fraction of sp³-hybridized carbons (Fsp3) is 0.391. The van der Waals surface area contributed by atoms with Gasteiger partial charge in [-0.2, -0.15) is 4.98 Å². The van der Waals surface area contributed by atoms with Crippen molar-refractivity contribution in [3.05, 3.63) is 58.6 Å². The Morgan fingerprint density at radius 3 is 2.50 bits per heavy atom. The van der Waals surface area contributed by atoms with E-state index in [1.54, 1.807) is 6.07 Å². The molecule has 168 valence electrons. The van der Waals surface area contributed by atoms with E-state index in [1.165, 1.54) is 11.3 Å². The first kappa shape index (κ1) is 22.2. The molecular formula is C23H27N5O3S. The van der Waals surface area contributed by atoms with Crippen LogP contribution in [0.4, 0.5) is 0 Å². The molecule has 1 fully saturated rings. The summed E-state index contributed by atoms with van der Waals surface area (Å²) in [5, 5.41) is 8.84. The molecule has 32 heavy (non-hydrogen) atoms. The van der Waals surface area contributed by atoms with Crippen molar-refractivity contribution < 1.29 is 14.1 Å². The van der Waals surface area contributed by atoms with Crippen molar-refractivity contribution in [1.29, 1.82) is 0 Å². The minimum absolute atomic E-state index is 0.000701. The summed E-state index contributed by atoms with van der Waals surface area (Å²) in [5.74, 6) is 0.909. The van der Waals surface area contributed by atoms with Crippen molar-refractivity contribution in [3.63, 3.8) is 0 Å². The van der Waals surface area contributed by atoms with Gasteiger partial charge in [-0.05, 0) is 17.4 Å². The molecule has 1 aliphatic heterocycles. The van der Waals surface area contributed by atoms with Crippen molar-refractivity contribution in [2.45, 2.75) is 26.4 Å². The number of hydrogen-bond acceptors (Lipinski definition) is 7. The molecule has 9 heteroatoms. The average molecular weight is 454 g/mol. The minimum Gasteiger partial charge on any atom is -0.339 e. The van der Waals surface area contributed by atoms with Crippen LogP contribution in [0.25, 0.3) is 11.4 Å². The average Bonchev–Trinajstić information content (AvgIpc) is 3.50. The molecule has 0 bridgehead atoms. The van der Waals surface area contributed by atoms with Gasteiger partial charge in [-0.15, -0.1) is 11.3 Å². The van der Waals surface area contributed by atoms with Gasteiger partial charge in [-0.25, -0.2) is 0 Å². The number of hydrogen-bond donors (Lipinski definition) is 1. The molecule has 0 radical (unpaired) electrons. The van der Waals surface area contributed by atoms with Crippen LogP contribution in [0.5, 0.6) is 0 Å². The second-order valence-corrected chi connectivity index (χ2v) is 9.10. The molecular weight excluding hydrogens is 426 g/mol. The summed E-state index contributed by atoms with van der Waals surface area (Å²) >= 11 is 1.37. The van der Waals surface area contributed by atoms with Gasteiger partial charge in [0.15, 0.2) is 0 Å². The number of amides is 2. The van der Waals surface area contributed by atoms with Crippen LogP contribution in [0.2, 0.25) is 0 Å². The highest BCUT2D eigenvalue weighted by atomic mass is 32.1. The largest absolute Gasteiger partial charge is 0.339 e. The molecule has 2 aromatic heterocycles. The number of nitrogens with zero attached hydrogens (tertiary/aromatic N) is 4. The molecule has 4 rings (SSSR count). The Bertz CT molecular complexity index is 1030. The fourth-order valence-electron chi connectivity index (χ4n) is 3.67. The number of benzene rings is 1. The van der Waals surface area contributed by atoms with Crippen molar-refractivity contribution in [3.8, 4) is 11.4 Å². The van der Waals surface area contributed by atoms with Crippen molar-refractivity contribution in [2.24, 2.45) is 5.92 Å². The number of aromatic nitrogens is 2. The molecule has 0 aliphatic carbocycles. The summed E-state index contributed by atoms with van der Waals surface area (Å²) in [6.45, 7) is 7.05. The molecule has 1 saturated heterocycles. The zero-order valence-electron chi connectivity index (χ0n) is 18.2. The summed E-state index contributed by atoms with van der Waals surface area (Å²) in [7, 11) is 0. The maximum absolute atomic E-state index is 13.1. The highest BCUT2D eigenvalue weighted by molar-refractivity contribution is 7.12. The highest BCUT2D eigenvalue weighted by Crippen LogP contribution is 2.17. The van der Waals surface area contributed by atoms with E-state index < -0.39 is 6.04 Å². The van der Waals surface area contributed by atoms with E-state index >= 15 is 0 Å². The van der Waals surface area contributed by atoms with Gasteiger partial charge in [0.2, 0.25) is 17.6 Å². The van der Waals surface area contributed by atoms with Crippen molar-refractivity contribution in [1.82, 2.24) is 25.3 Å². The molecule has 1 aliphatic rings. The Balaban J connectivity index is 1.31. The van der Waals surface area contributed by atoms with Crippen LogP contribution in [0.1, 0.15) is 29.4 Å². The number of nitrogens with one attached hydrogen (secondary N) is 1. The standard InChI is InChI=1S/C23H27N5O3S/c1-16(2)20(25-22(29)18-9-6-14-32-18)23(30)28-12-10-27(11-13-28)15-19-24-21(26-31-19)17-7-4-3-5-8-17/h3-9,14,16,20H,10-13,15H2,1-2H3,(H,25,29). The van der Waals surface area contributed by atoms with Crippen LogP contribution >= 0.6 is 11.3 Å². The molecule has 8 nitrogen and oxygen atoms in total. The second kappa shape index (κ2) is 10.1. The lowest BCUT2D eigenvalue weighted by Gasteiger charge is -2.36. The van der Waals surface area contributed by atoms with Crippen LogP contribution in [0.3, 0.4) is 0 Å². The van der Waals surface area contributed by atoms with Gasteiger partial charge in [-0.1, -0.05) is 55.4 Å². The Labute approximate surface area is 191 Å². The number of rotatable bonds is 7. The SMILES string of the molecule is CC(C)C(NC(=O)c1cccs1)C(=O)N1CCN(Cc2nc(-c3ccccc3)no2)CC1. The van der Waals surface area contributed by atoms with E-state index in [-0.39, 0.29) is 17.7 Å². The van der Waals surface area contributed by atoms with Gasteiger partial charge in [0.05, 0.1) is 11.4 Å². The third-order valence-electron chi connectivity index (χ3n) is 5.51. The van der Waals surface area contributed by atoms with E-state index in [0.29, 0.717) is 49.3 Å². The summed E-state index contributed by atoms with van der Waals surface area (Å²) < 4.78 is 5.42. The van der Waals surface area contributed by atoms with Crippen LogP contribution in [-0.2, 0) is 11.3 Å². The quantitative estimate of drug-likeness (QED) is 0.592. The molecule has 1 unspecified atom stereocenters. The molecule has 0 spiro atoms. The maximum Gasteiger partial charge on any atom is 0.262 e. The molecule has 1 N–H and O–H groups in total. The topological polar surface area (TPSA) is 91.6 Å². The van der Waals surface area contributed by atoms with Crippen LogP contribution in [0.15, 0.2) is 52.4 Å². The normalized spacial score (nSPS) is 15.7. The number of thiophene rings is 1. The summed E-state index contributed by atoms with van der Waals surface area (Å²) in [4.78, 5) is 34.7. The lowest BCUT2D eigenvalue weighted by atomic mass is 10.0. The van der Waals surface area contributed by atoms with E-state index in [4.69, 9.17) is 4.52 Å². The van der Waals surface area contributed by atoms with E-state index in [0.717, 1.165) is 5.56 Å². The smallest absolute Gasteiger partial charge is 0.262 e. The predicted octanol–water partition coefficient (Wildman–Crippen LogP) is 2.90. The van der Waals surface area contributed by atoms with Gasteiger partial charge in [0.25, 0.3) is 5.91 Å². The third-order valence-corrected chi connectivity index (χ3v) is 6.38. The molecule has 1 atom stereocenters. The van der Waals surface area contributed by atoms with Gasteiger partial charge < -0.3 is 14.7 Å². The monoisotopic (exact) mass is 453 g/mol. The van der Waals surface area contributed by atoms with E-state index in [1.807, 2.05) is 60.5 Å². The molecule has 0 saturated carbocycles. The van der Waals surface area contributed by atoms with Crippen molar-refractivity contribution >= 4 is 23.2 Å². The first-order chi connectivity index (χ1) is 15.5. The molecule has 3 aromatic rings. The highest BCUT2D eigenvalue weighted by Gasteiger charge is 2.31. The fourth-order valence-corrected chi connectivity index (χ4v) is 4.30. The van der Waals surface area contributed by atoms with E-state index in [9.17, 15) is 9.59 Å². The second-order valence-electron chi connectivity index (χ2n) is 8.15. The Kier molecular flexibility index (Phi) is 6.96. The number of carbonyl (C=O) groups is 2. The maximum atomic E-state index is 13.1. The predicted molar refractivity (Wildman–Crippen MR) is 122 cm³/mol. The minimum atomic E-state index is -0.541. The zero-order valence-corrected chi connectivity index (χ0v) is 19.0. The third kappa shape index (κ3) is 5.23. The number of piperazine rings is 1. The van der Waals surface area contributed by atoms with Crippen LogP contribution in [0, 0.1) is 5.92 Å². The summed E-state index contributed by atoms with van der Waals surface area (Å²) in [5.41, 5.74) is 0.919. The Morgan fingerprint density at radius 1 is 1.09 bits per heavy atom. The van der Waals surface area contributed by atoms with Gasteiger partial charge in [0.1, 0.15) is 6.04 Å². The van der Waals surface area contributed by atoms with Gasteiger partial charge in [0, 0.05) is 31.7 Å². The first-order valence-electron chi connectivity index (χ1n) is 10.7. The number of carbonyl (C=O) groups excluding carboxylic acids is 2. The molecule has 1 aromatic carbocycles. The first-order valence-corrected chi connectivity index (χ1v) is 11.6. The summed E-state index contributed by atoms with van der Waals surface area (Å²) in [6.07, 6.45) is 0. The lowest BCUT2D eigenvalue weighted by molar-refractivity contribution is -0.136. The van der Waals surface area contributed by atoms with Gasteiger partial charge in [-0.3, -0.25) is 14.5 Å². The van der Waals surface area contributed by atoms with Gasteiger partial charge >= 0.3 is 0 Å². The summed E-state index contributed by atoms with van der Waals surface area (Å²) in [6, 6.07) is 12.8. The molecule has 2 amide bonds. The molecule has 3 heterocycles. The van der Waals surface area contributed by atoms with E-state index in [2.05, 4.69) is 20.4 Å². The zero-order chi connectivity index (χ0) is 22.5. The van der Waals surface area contributed by atoms with Crippen LogP contribution in [-0.4, -0.2) is 64.0 Å².